The monoisotopic (exact) mass is 311 g/mol. The first-order chi connectivity index (χ1) is 9.72. The summed E-state index contributed by atoms with van der Waals surface area (Å²) in [4.78, 5) is 4.94. The maximum Gasteiger partial charge on any atom is 0.174 e. The van der Waals surface area contributed by atoms with Gasteiger partial charge in [-0.3, -0.25) is 0 Å². The highest BCUT2D eigenvalue weighted by molar-refractivity contribution is 8.01. The summed E-state index contributed by atoms with van der Waals surface area (Å²) in [6, 6.07) is 5.36. The number of nitrogens with one attached hydrogen (secondary N) is 1. The summed E-state index contributed by atoms with van der Waals surface area (Å²) < 4.78 is 19.0. The summed E-state index contributed by atoms with van der Waals surface area (Å²) in [5.41, 5.74) is 0.965. The number of aromatic nitrogens is 2. The predicted molar refractivity (Wildman–Crippen MR) is 81.8 cm³/mol. The van der Waals surface area contributed by atoms with Crippen molar-refractivity contribution in [3.05, 3.63) is 35.4 Å². The van der Waals surface area contributed by atoms with E-state index >= 15 is 0 Å². The lowest BCUT2D eigenvalue weighted by atomic mass is 10.2. The molecule has 1 heterocycles. The van der Waals surface area contributed by atoms with Gasteiger partial charge < -0.3 is 5.32 Å². The molecule has 0 fully saturated rings. The van der Waals surface area contributed by atoms with Gasteiger partial charge in [-0.2, -0.15) is 4.37 Å². The topological polar surface area (TPSA) is 37.8 Å². The van der Waals surface area contributed by atoms with E-state index in [0.717, 1.165) is 35.1 Å². The summed E-state index contributed by atoms with van der Waals surface area (Å²) in [7, 11) is 0. The van der Waals surface area contributed by atoms with Crippen LogP contribution in [-0.2, 0) is 13.0 Å². The normalized spacial score (nSPS) is 10.9. The number of halogens is 1. The fourth-order valence-corrected chi connectivity index (χ4v) is 3.33. The molecule has 1 aromatic carbocycles. The van der Waals surface area contributed by atoms with Crippen LogP contribution >= 0.6 is 23.3 Å². The van der Waals surface area contributed by atoms with E-state index in [1.807, 2.05) is 19.1 Å². The Balaban J connectivity index is 2.01. The molecule has 2 aromatic rings. The third kappa shape index (κ3) is 4.26. The largest absolute Gasteiger partial charge is 0.313 e. The van der Waals surface area contributed by atoms with Gasteiger partial charge in [-0.1, -0.05) is 31.7 Å². The SMILES string of the molecule is CCCNCc1ccc(Sc2nc(CC)ns2)c(F)c1. The minimum Gasteiger partial charge on any atom is -0.313 e. The van der Waals surface area contributed by atoms with Crippen molar-refractivity contribution < 1.29 is 4.39 Å². The molecule has 0 atom stereocenters. The number of aryl methyl sites for hydroxylation is 1. The lowest BCUT2D eigenvalue weighted by Crippen LogP contribution is -2.13. The van der Waals surface area contributed by atoms with E-state index < -0.39 is 0 Å². The molecule has 0 aliphatic carbocycles. The van der Waals surface area contributed by atoms with Gasteiger partial charge >= 0.3 is 0 Å². The number of hydrogen-bond donors (Lipinski definition) is 1. The van der Waals surface area contributed by atoms with E-state index in [2.05, 4.69) is 21.6 Å². The van der Waals surface area contributed by atoms with Crippen molar-refractivity contribution in [2.45, 2.75) is 42.5 Å². The van der Waals surface area contributed by atoms with E-state index in [1.54, 1.807) is 6.07 Å². The smallest absolute Gasteiger partial charge is 0.174 e. The molecule has 0 spiro atoms. The van der Waals surface area contributed by atoms with Crippen molar-refractivity contribution in [1.29, 1.82) is 0 Å². The Morgan fingerprint density at radius 3 is 2.85 bits per heavy atom. The second-order valence-electron chi connectivity index (χ2n) is 4.37. The predicted octanol–water partition coefficient (Wildman–Crippen LogP) is 3.89. The molecular formula is C14H18FN3S2. The van der Waals surface area contributed by atoms with E-state index in [-0.39, 0.29) is 5.82 Å². The fraction of sp³-hybridized carbons (Fsp3) is 0.429. The van der Waals surface area contributed by atoms with Crippen LogP contribution in [0, 0.1) is 5.82 Å². The fourth-order valence-electron chi connectivity index (χ4n) is 1.66. The zero-order valence-corrected chi connectivity index (χ0v) is 13.3. The number of rotatable bonds is 7. The molecule has 0 bridgehead atoms. The molecule has 20 heavy (non-hydrogen) atoms. The minimum absolute atomic E-state index is 0.195. The molecule has 0 saturated heterocycles. The highest BCUT2D eigenvalue weighted by atomic mass is 32.2. The molecule has 0 amide bonds. The maximum atomic E-state index is 14.0. The maximum absolute atomic E-state index is 14.0. The van der Waals surface area contributed by atoms with Crippen molar-refractivity contribution in [3.63, 3.8) is 0 Å². The molecule has 0 aliphatic rings. The van der Waals surface area contributed by atoms with Crippen LogP contribution in [0.25, 0.3) is 0 Å². The van der Waals surface area contributed by atoms with Gasteiger partial charge in [0, 0.05) is 13.0 Å². The van der Waals surface area contributed by atoms with Crippen LogP contribution in [0.1, 0.15) is 31.7 Å². The number of nitrogens with zero attached hydrogens (tertiary/aromatic N) is 2. The Labute approximate surface area is 127 Å². The lowest BCUT2D eigenvalue weighted by Gasteiger charge is -2.05. The molecule has 108 valence electrons. The quantitative estimate of drug-likeness (QED) is 0.787. The van der Waals surface area contributed by atoms with E-state index in [4.69, 9.17) is 0 Å². The summed E-state index contributed by atoms with van der Waals surface area (Å²) >= 11 is 2.66. The molecule has 1 N–H and O–H groups in total. The zero-order valence-electron chi connectivity index (χ0n) is 11.6. The van der Waals surface area contributed by atoms with Gasteiger partial charge in [0.1, 0.15) is 11.6 Å². The zero-order chi connectivity index (χ0) is 14.4. The van der Waals surface area contributed by atoms with E-state index in [9.17, 15) is 4.39 Å². The Kier molecular flexibility index (Phi) is 5.94. The van der Waals surface area contributed by atoms with Gasteiger partial charge in [-0.25, -0.2) is 9.37 Å². The van der Waals surface area contributed by atoms with Crippen LogP contribution in [-0.4, -0.2) is 15.9 Å². The highest BCUT2D eigenvalue weighted by Crippen LogP contribution is 2.31. The summed E-state index contributed by atoms with van der Waals surface area (Å²) in [5.74, 6) is 0.623. The molecule has 2 rings (SSSR count). The van der Waals surface area contributed by atoms with E-state index in [1.165, 1.54) is 23.3 Å². The standard InChI is InChI=1S/C14H18FN3S2/c1-3-7-16-9-10-5-6-12(11(15)8-10)19-14-17-13(4-2)18-20-14/h5-6,8,16H,3-4,7,9H2,1-2H3. The summed E-state index contributed by atoms with van der Waals surface area (Å²) in [6.07, 6.45) is 1.88. The molecule has 0 saturated carbocycles. The van der Waals surface area contributed by atoms with Gasteiger partial charge in [0.25, 0.3) is 0 Å². The highest BCUT2D eigenvalue weighted by Gasteiger charge is 2.09. The Bertz CT molecular complexity index is 557. The minimum atomic E-state index is -0.195. The Hall–Kier alpha value is -0.980. The molecule has 0 unspecified atom stereocenters. The molecule has 1 aromatic heterocycles. The molecule has 0 aliphatic heterocycles. The molecule has 0 radical (unpaired) electrons. The van der Waals surface area contributed by atoms with Crippen LogP contribution < -0.4 is 5.32 Å². The average molecular weight is 311 g/mol. The van der Waals surface area contributed by atoms with Crippen LogP contribution in [0.4, 0.5) is 4.39 Å². The van der Waals surface area contributed by atoms with Gasteiger partial charge in [0.05, 0.1) is 4.90 Å². The van der Waals surface area contributed by atoms with Crippen molar-refractivity contribution in [2.75, 3.05) is 6.54 Å². The van der Waals surface area contributed by atoms with Crippen molar-refractivity contribution in [2.24, 2.45) is 0 Å². The first-order valence-electron chi connectivity index (χ1n) is 6.72. The molecular weight excluding hydrogens is 293 g/mol. The molecule has 6 heteroatoms. The second-order valence-corrected chi connectivity index (χ2v) is 6.41. The third-order valence-electron chi connectivity index (χ3n) is 2.72. The molecule has 3 nitrogen and oxygen atoms in total. The van der Waals surface area contributed by atoms with Gasteiger partial charge in [0.15, 0.2) is 4.34 Å². The van der Waals surface area contributed by atoms with Crippen LogP contribution in [0.15, 0.2) is 27.4 Å². The second kappa shape index (κ2) is 7.71. The van der Waals surface area contributed by atoms with Gasteiger partial charge in [-0.15, -0.1) is 0 Å². The number of hydrogen-bond acceptors (Lipinski definition) is 5. The lowest BCUT2D eigenvalue weighted by molar-refractivity contribution is 0.595. The van der Waals surface area contributed by atoms with Crippen LogP contribution in [0.5, 0.6) is 0 Å². The first-order valence-corrected chi connectivity index (χ1v) is 8.31. The summed E-state index contributed by atoms with van der Waals surface area (Å²) in [6.45, 7) is 5.77. The van der Waals surface area contributed by atoms with Gasteiger partial charge in [-0.05, 0) is 42.2 Å². The number of benzene rings is 1. The summed E-state index contributed by atoms with van der Waals surface area (Å²) in [5, 5.41) is 3.26. The van der Waals surface area contributed by atoms with Crippen LogP contribution in [0.2, 0.25) is 0 Å². The average Bonchev–Trinajstić information content (AvgIpc) is 2.90. The van der Waals surface area contributed by atoms with E-state index in [0.29, 0.717) is 11.4 Å². The third-order valence-corrected chi connectivity index (χ3v) is 4.56. The van der Waals surface area contributed by atoms with Gasteiger partial charge in [0.2, 0.25) is 0 Å². The Morgan fingerprint density at radius 1 is 1.35 bits per heavy atom. The first kappa shape index (κ1) is 15.4. The Morgan fingerprint density at radius 2 is 2.20 bits per heavy atom. The van der Waals surface area contributed by atoms with Crippen molar-refractivity contribution in [3.8, 4) is 0 Å². The van der Waals surface area contributed by atoms with Crippen molar-refractivity contribution >= 4 is 23.3 Å². The van der Waals surface area contributed by atoms with Crippen LogP contribution in [0.3, 0.4) is 0 Å². The van der Waals surface area contributed by atoms with Crippen molar-refractivity contribution in [1.82, 2.24) is 14.7 Å².